The molecule has 0 aliphatic rings. The number of likely N-dealkylation sites (N-methyl/N-ethyl adjacent to an activating group) is 1. The van der Waals surface area contributed by atoms with Gasteiger partial charge in [-0.1, -0.05) is 6.92 Å². The summed E-state index contributed by atoms with van der Waals surface area (Å²) in [6.07, 6.45) is 1.06. The number of halogens is 2. The zero-order valence-electron chi connectivity index (χ0n) is 12.0. The molecule has 0 aliphatic carbocycles. The van der Waals surface area contributed by atoms with E-state index in [1.165, 1.54) is 12.1 Å². The summed E-state index contributed by atoms with van der Waals surface area (Å²) >= 11 is 3.17. The second-order valence-corrected chi connectivity index (χ2v) is 5.70. The Bertz CT molecular complexity index is 482. The van der Waals surface area contributed by atoms with E-state index in [-0.39, 0.29) is 11.6 Å². The van der Waals surface area contributed by atoms with Gasteiger partial charge in [0.15, 0.2) is 0 Å². The molecule has 1 atom stereocenters. The largest absolute Gasteiger partial charge is 0.396 e. The van der Waals surface area contributed by atoms with Crippen molar-refractivity contribution in [2.24, 2.45) is 0 Å². The van der Waals surface area contributed by atoms with Crippen LogP contribution in [0.3, 0.4) is 0 Å². The lowest BCUT2D eigenvalue weighted by Crippen LogP contribution is -2.37. The number of nitrogens with zero attached hydrogens (tertiary/aromatic N) is 1. The van der Waals surface area contributed by atoms with Crippen molar-refractivity contribution in [1.82, 2.24) is 10.2 Å². The van der Waals surface area contributed by atoms with Gasteiger partial charge in [0, 0.05) is 23.6 Å². The summed E-state index contributed by atoms with van der Waals surface area (Å²) in [6, 6.07) is 3.02. The van der Waals surface area contributed by atoms with Crippen LogP contribution in [0.15, 0.2) is 16.6 Å². The Morgan fingerprint density at radius 2 is 2.20 bits per heavy atom. The molecule has 1 aromatic carbocycles. The second kappa shape index (κ2) is 7.59. The van der Waals surface area contributed by atoms with E-state index in [4.69, 9.17) is 5.73 Å². The number of carbonyl (C=O) groups is 1. The number of anilines is 1. The number of nitrogens with two attached hydrogens (primary N) is 1. The molecule has 1 rings (SSSR count). The highest BCUT2D eigenvalue weighted by Crippen LogP contribution is 2.22. The molecule has 0 aromatic heterocycles. The predicted octanol–water partition coefficient (Wildman–Crippen LogP) is 2.63. The van der Waals surface area contributed by atoms with Crippen LogP contribution in [0.5, 0.6) is 0 Å². The van der Waals surface area contributed by atoms with E-state index < -0.39 is 5.82 Å². The fraction of sp³-hybridized carbons (Fsp3) is 0.500. The first-order valence-corrected chi connectivity index (χ1v) is 7.39. The molecule has 4 nitrogen and oxygen atoms in total. The number of carbonyl (C=O) groups excluding carboxylic acids is 1. The summed E-state index contributed by atoms with van der Waals surface area (Å²) in [5.74, 6) is -0.800. The van der Waals surface area contributed by atoms with Crippen molar-refractivity contribution in [1.29, 1.82) is 0 Å². The molecule has 0 saturated carbocycles. The fourth-order valence-corrected chi connectivity index (χ4v) is 2.21. The van der Waals surface area contributed by atoms with E-state index in [9.17, 15) is 9.18 Å². The van der Waals surface area contributed by atoms with E-state index in [0.29, 0.717) is 22.6 Å². The van der Waals surface area contributed by atoms with Crippen LogP contribution in [0.2, 0.25) is 0 Å². The molecule has 0 bridgehead atoms. The van der Waals surface area contributed by atoms with Crippen LogP contribution in [-0.2, 0) is 0 Å². The number of nitrogens with one attached hydrogen (secondary N) is 1. The average molecular weight is 346 g/mol. The molecule has 1 aromatic rings. The van der Waals surface area contributed by atoms with Crippen LogP contribution in [0.1, 0.15) is 30.6 Å². The van der Waals surface area contributed by atoms with Gasteiger partial charge in [0.2, 0.25) is 0 Å². The molecule has 1 amide bonds. The molecule has 0 heterocycles. The zero-order valence-corrected chi connectivity index (χ0v) is 13.6. The molecule has 0 spiro atoms. The van der Waals surface area contributed by atoms with Gasteiger partial charge in [0.05, 0.1) is 11.3 Å². The number of hydrogen-bond donors (Lipinski definition) is 2. The van der Waals surface area contributed by atoms with Gasteiger partial charge in [-0.15, -0.1) is 0 Å². The van der Waals surface area contributed by atoms with Crippen molar-refractivity contribution < 1.29 is 9.18 Å². The van der Waals surface area contributed by atoms with Crippen LogP contribution in [0, 0.1) is 5.82 Å². The third kappa shape index (κ3) is 4.45. The van der Waals surface area contributed by atoms with Gasteiger partial charge >= 0.3 is 0 Å². The Kier molecular flexibility index (Phi) is 6.42. The first-order valence-electron chi connectivity index (χ1n) is 6.59. The van der Waals surface area contributed by atoms with Crippen LogP contribution in [0.25, 0.3) is 0 Å². The van der Waals surface area contributed by atoms with Crippen molar-refractivity contribution in [3.8, 4) is 0 Å². The Balaban J connectivity index is 2.58. The molecule has 1 unspecified atom stereocenters. The Labute approximate surface area is 127 Å². The van der Waals surface area contributed by atoms with Crippen molar-refractivity contribution >= 4 is 27.5 Å². The van der Waals surface area contributed by atoms with Gasteiger partial charge in [-0.25, -0.2) is 4.39 Å². The monoisotopic (exact) mass is 345 g/mol. The van der Waals surface area contributed by atoms with Crippen LogP contribution < -0.4 is 11.1 Å². The van der Waals surface area contributed by atoms with Gasteiger partial charge in [-0.05, 0) is 48.5 Å². The standard InChI is InChI=1S/C14H21BrFN3O/c1-4-9(2)19(3)6-5-18-14(20)10-7-13(17)12(16)8-11(10)15/h7-9H,4-6,17H2,1-3H3,(H,18,20). The van der Waals surface area contributed by atoms with Crippen LogP contribution >= 0.6 is 15.9 Å². The minimum Gasteiger partial charge on any atom is -0.396 e. The maximum absolute atomic E-state index is 13.2. The van der Waals surface area contributed by atoms with Crippen LogP contribution in [0.4, 0.5) is 10.1 Å². The van der Waals surface area contributed by atoms with Crippen molar-refractivity contribution in [3.05, 3.63) is 28.0 Å². The molecule has 0 saturated heterocycles. The minimum absolute atomic E-state index is 0.0323. The average Bonchev–Trinajstić information content (AvgIpc) is 2.41. The second-order valence-electron chi connectivity index (χ2n) is 4.85. The number of nitrogen functional groups attached to an aromatic ring is 1. The highest BCUT2D eigenvalue weighted by Gasteiger charge is 2.13. The number of hydrogen-bond acceptors (Lipinski definition) is 3. The molecule has 6 heteroatoms. The van der Waals surface area contributed by atoms with E-state index in [1.807, 2.05) is 7.05 Å². The molecule has 0 radical (unpaired) electrons. The number of rotatable bonds is 6. The molecule has 0 aliphatic heterocycles. The summed E-state index contributed by atoms with van der Waals surface area (Å²) in [6.45, 7) is 5.55. The third-order valence-corrected chi connectivity index (χ3v) is 4.08. The van der Waals surface area contributed by atoms with E-state index in [0.717, 1.165) is 13.0 Å². The smallest absolute Gasteiger partial charge is 0.252 e. The SMILES string of the molecule is CCC(C)N(C)CCNC(=O)c1cc(N)c(F)cc1Br. The normalized spacial score (nSPS) is 12.5. The molecule has 3 N–H and O–H groups in total. The Morgan fingerprint density at radius 3 is 2.80 bits per heavy atom. The number of benzene rings is 1. The molecule has 20 heavy (non-hydrogen) atoms. The maximum atomic E-state index is 13.2. The summed E-state index contributed by atoms with van der Waals surface area (Å²) in [5, 5.41) is 2.81. The van der Waals surface area contributed by atoms with Crippen molar-refractivity contribution in [3.63, 3.8) is 0 Å². The summed E-state index contributed by atoms with van der Waals surface area (Å²) < 4.78 is 13.6. The maximum Gasteiger partial charge on any atom is 0.252 e. The summed E-state index contributed by atoms with van der Waals surface area (Å²) in [4.78, 5) is 14.2. The predicted molar refractivity (Wildman–Crippen MR) is 83.2 cm³/mol. The van der Waals surface area contributed by atoms with E-state index in [1.54, 1.807) is 0 Å². The first-order chi connectivity index (χ1) is 9.36. The third-order valence-electron chi connectivity index (χ3n) is 3.42. The fourth-order valence-electron chi connectivity index (χ4n) is 1.71. The van der Waals surface area contributed by atoms with Gasteiger partial charge in [0.25, 0.3) is 5.91 Å². The quantitative estimate of drug-likeness (QED) is 0.779. The Morgan fingerprint density at radius 1 is 1.55 bits per heavy atom. The van der Waals surface area contributed by atoms with Gasteiger partial charge in [-0.3, -0.25) is 4.79 Å². The summed E-state index contributed by atoms with van der Waals surface area (Å²) in [5.41, 5.74) is 5.79. The van der Waals surface area contributed by atoms with Crippen LogP contribution in [-0.4, -0.2) is 37.0 Å². The zero-order chi connectivity index (χ0) is 15.3. The van der Waals surface area contributed by atoms with Gasteiger partial charge in [-0.2, -0.15) is 0 Å². The van der Waals surface area contributed by atoms with E-state index >= 15 is 0 Å². The van der Waals surface area contributed by atoms with Gasteiger partial charge < -0.3 is 16.0 Å². The van der Waals surface area contributed by atoms with E-state index in [2.05, 4.69) is 40.0 Å². The lowest BCUT2D eigenvalue weighted by molar-refractivity contribution is 0.0946. The topological polar surface area (TPSA) is 58.4 Å². The van der Waals surface area contributed by atoms with Crippen molar-refractivity contribution in [2.75, 3.05) is 25.9 Å². The molecule has 0 fully saturated rings. The van der Waals surface area contributed by atoms with Gasteiger partial charge in [0.1, 0.15) is 5.82 Å². The lowest BCUT2D eigenvalue weighted by Gasteiger charge is -2.23. The number of amides is 1. The lowest BCUT2D eigenvalue weighted by atomic mass is 10.2. The molecule has 112 valence electrons. The molecular formula is C14H21BrFN3O. The minimum atomic E-state index is -0.537. The van der Waals surface area contributed by atoms with Crippen molar-refractivity contribution in [2.45, 2.75) is 26.3 Å². The highest BCUT2D eigenvalue weighted by molar-refractivity contribution is 9.10. The summed E-state index contributed by atoms with van der Waals surface area (Å²) in [7, 11) is 2.02. The first kappa shape index (κ1) is 16.9. The molecular weight excluding hydrogens is 325 g/mol. The Hall–Kier alpha value is -1.14. The highest BCUT2D eigenvalue weighted by atomic mass is 79.9.